The van der Waals surface area contributed by atoms with Crippen molar-refractivity contribution in [2.45, 2.75) is 13.0 Å². The minimum absolute atomic E-state index is 0.237. The van der Waals surface area contributed by atoms with Gasteiger partial charge >= 0.3 is 5.97 Å². The second-order valence-corrected chi connectivity index (χ2v) is 4.84. The quantitative estimate of drug-likeness (QED) is 0.605. The maximum absolute atomic E-state index is 12.3. The van der Waals surface area contributed by atoms with Crippen molar-refractivity contribution in [2.75, 3.05) is 14.2 Å². The first-order valence-electron chi connectivity index (χ1n) is 7.09. The van der Waals surface area contributed by atoms with Gasteiger partial charge in [0.05, 0.1) is 14.2 Å². The Morgan fingerprint density at radius 1 is 0.957 bits per heavy atom. The summed E-state index contributed by atoms with van der Waals surface area (Å²) in [4.78, 5) is 24.5. The fraction of sp³-hybridized carbons (Fsp3) is 0.222. The molecule has 0 heterocycles. The zero-order chi connectivity index (χ0) is 16.8. The van der Waals surface area contributed by atoms with Crippen LogP contribution in [0, 0.1) is 0 Å². The Morgan fingerprint density at radius 3 is 2.26 bits per heavy atom. The van der Waals surface area contributed by atoms with Gasteiger partial charge in [-0.2, -0.15) is 0 Å². The highest BCUT2D eigenvalue weighted by Gasteiger charge is 2.22. The first-order valence-corrected chi connectivity index (χ1v) is 7.09. The number of carbonyl (C=O) groups excluding carboxylic acids is 2. The molecule has 1 atom stereocenters. The lowest BCUT2D eigenvalue weighted by molar-refractivity contribution is 0.0316. The van der Waals surface area contributed by atoms with Crippen LogP contribution in [0.15, 0.2) is 48.5 Å². The van der Waals surface area contributed by atoms with Crippen LogP contribution in [-0.4, -0.2) is 32.1 Å². The van der Waals surface area contributed by atoms with E-state index in [1.165, 1.54) is 14.2 Å². The van der Waals surface area contributed by atoms with Crippen LogP contribution in [0.25, 0.3) is 0 Å². The van der Waals surface area contributed by atoms with E-state index in [4.69, 9.17) is 14.2 Å². The molecule has 0 radical (unpaired) electrons. The SMILES string of the molecule is COc1ccc(C(=O)O[C@H](C)C(=O)c2ccccc2)c(OC)c1. The lowest BCUT2D eigenvalue weighted by Gasteiger charge is -2.14. The van der Waals surface area contributed by atoms with Gasteiger partial charge in [0.1, 0.15) is 17.1 Å². The molecule has 0 saturated heterocycles. The lowest BCUT2D eigenvalue weighted by atomic mass is 10.1. The van der Waals surface area contributed by atoms with Crippen LogP contribution in [0.2, 0.25) is 0 Å². The smallest absolute Gasteiger partial charge is 0.342 e. The maximum atomic E-state index is 12.3. The first kappa shape index (κ1) is 16.5. The Labute approximate surface area is 134 Å². The summed E-state index contributed by atoms with van der Waals surface area (Å²) in [5.41, 5.74) is 0.732. The lowest BCUT2D eigenvalue weighted by Crippen LogP contribution is -2.24. The van der Waals surface area contributed by atoms with Crippen molar-refractivity contribution >= 4 is 11.8 Å². The highest BCUT2D eigenvalue weighted by molar-refractivity contribution is 6.01. The molecule has 0 aliphatic rings. The minimum atomic E-state index is -0.892. The highest BCUT2D eigenvalue weighted by atomic mass is 16.5. The van der Waals surface area contributed by atoms with Crippen LogP contribution < -0.4 is 9.47 Å². The predicted octanol–water partition coefficient (Wildman–Crippen LogP) is 3.13. The van der Waals surface area contributed by atoms with Crippen LogP contribution in [0.5, 0.6) is 11.5 Å². The topological polar surface area (TPSA) is 61.8 Å². The Balaban J connectivity index is 2.14. The summed E-state index contributed by atoms with van der Waals surface area (Å²) in [5.74, 6) is 0.00762. The molecule has 5 heteroatoms. The Bertz CT molecular complexity index is 694. The van der Waals surface area contributed by atoms with E-state index in [0.29, 0.717) is 17.1 Å². The van der Waals surface area contributed by atoms with E-state index < -0.39 is 12.1 Å². The molecule has 2 aromatic rings. The van der Waals surface area contributed by atoms with Crippen molar-refractivity contribution in [3.8, 4) is 11.5 Å². The predicted molar refractivity (Wildman–Crippen MR) is 85.2 cm³/mol. The minimum Gasteiger partial charge on any atom is -0.497 e. The molecule has 23 heavy (non-hydrogen) atoms. The van der Waals surface area contributed by atoms with Gasteiger partial charge in [-0.15, -0.1) is 0 Å². The molecule has 0 unspecified atom stereocenters. The van der Waals surface area contributed by atoms with Crippen molar-refractivity contribution in [3.63, 3.8) is 0 Å². The molecule has 120 valence electrons. The van der Waals surface area contributed by atoms with Crippen LogP contribution in [-0.2, 0) is 4.74 Å². The van der Waals surface area contributed by atoms with Crippen molar-refractivity contribution in [1.82, 2.24) is 0 Å². The molecule has 0 N–H and O–H groups in total. The van der Waals surface area contributed by atoms with E-state index in [-0.39, 0.29) is 11.3 Å². The fourth-order valence-electron chi connectivity index (χ4n) is 2.08. The van der Waals surface area contributed by atoms with Gasteiger partial charge in [0.25, 0.3) is 0 Å². The van der Waals surface area contributed by atoms with Gasteiger partial charge in [-0.25, -0.2) is 4.79 Å². The first-order chi connectivity index (χ1) is 11.1. The van der Waals surface area contributed by atoms with Gasteiger partial charge in [-0.3, -0.25) is 4.79 Å². The molecule has 0 bridgehead atoms. The standard InChI is InChI=1S/C18H18O5/c1-12(17(19)13-7-5-4-6-8-13)23-18(20)15-10-9-14(21-2)11-16(15)22-3/h4-12H,1-3H3/t12-/m1/s1. The zero-order valence-electron chi connectivity index (χ0n) is 13.2. The second-order valence-electron chi connectivity index (χ2n) is 4.84. The Hall–Kier alpha value is -2.82. The highest BCUT2D eigenvalue weighted by Crippen LogP contribution is 2.25. The third-order valence-corrected chi connectivity index (χ3v) is 3.34. The molecule has 0 spiro atoms. The number of ketones is 1. The van der Waals surface area contributed by atoms with Gasteiger partial charge in [0, 0.05) is 11.6 Å². The molecule has 2 rings (SSSR count). The molecule has 0 saturated carbocycles. The van der Waals surface area contributed by atoms with E-state index in [0.717, 1.165) is 0 Å². The monoisotopic (exact) mass is 314 g/mol. The third kappa shape index (κ3) is 3.88. The number of carbonyl (C=O) groups is 2. The Morgan fingerprint density at radius 2 is 1.65 bits per heavy atom. The number of benzene rings is 2. The summed E-state index contributed by atoms with van der Waals surface area (Å²) >= 11 is 0. The fourth-order valence-corrected chi connectivity index (χ4v) is 2.08. The van der Waals surface area contributed by atoms with Crippen molar-refractivity contribution < 1.29 is 23.8 Å². The van der Waals surface area contributed by atoms with E-state index in [1.807, 2.05) is 6.07 Å². The van der Waals surface area contributed by atoms with Crippen LogP contribution >= 0.6 is 0 Å². The number of rotatable bonds is 6. The van der Waals surface area contributed by atoms with E-state index >= 15 is 0 Å². The summed E-state index contributed by atoms with van der Waals surface area (Å²) in [6.07, 6.45) is -0.892. The Kier molecular flexibility index (Phi) is 5.36. The van der Waals surface area contributed by atoms with Gasteiger partial charge in [-0.05, 0) is 19.1 Å². The number of Topliss-reactive ketones (excluding diaryl/α,β-unsaturated/α-hetero) is 1. The van der Waals surface area contributed by atoms with Gasteiger partial charge in [-0.1, -0.05) is 30.3 Å². The normalized spacial score (nSPS) is 11.4. The van der Waals surface area contributed by atoms with Crippen molar-refractivity contribution in [1.29, 1.82) is 0 Å². The molecule has 0 aromatic heterocycles. The summed E-state index contributed by atoms with van der Waals surface area (Å²) < 4.78 is 15.5. The van der Waals surface area contributed by atoms with Crippen molar-refractivity contribution in [3.05, 3.63) is 59.7 Å². The molecular formula is C18H18O5. The summed E-state index contributed by atoms with van der Waals surface area (Å²) in [6.45, 7) is 1.54. The van der Waals surface area contributed by atoms with Gasteiger partial charge in [0.2, 0.25) is 5.78 Å². The second kappa shape index (κ2) is 7.45. The molecule has 0 fully saturated rings. The van der Waals surface area contributed by atoms with E-state index in [1.54, 1.807) is 49.4 Å². The summed E-state index contributed by atoms with van der Waals surface area (Å²) in [6, 6.07) is 13.4. The number of ether oxygens (including phenoxy) is 3. The average molecular weight is 314 g/mol. The van der Waals surface area contributed by atoms with E-state index in [9.17, 15) is 9.59 Å². The van der Waals surface area contributed by atoms with Crippen LogP contribution in [0.4, 0.5) is 0 Å². The van der Waals surface area contributed by atoms with Crippen LogP contribution in [0.1, 0.15) is 27.6 Å². The summed E-state index contributed by atoms with van der Waals surface area (Å²) in [7, 11) is 2.97. The average Bonchev–Trinajstić information content (AvgIpc) is 2.60. The largest absolute Gasteiger partial charge is 0.497 e. The molecule has 0 amide bonds. The molecule has 2 aromatic carbocycles. The van der Waals surface area contributed by atoms with Gasteiger partial charge < -0.3 is 14.2 Å². The number of hydrogen-bond acceptors (Lipinski definition) is 5. The third-order valence-electron chi connectivity index (χ3n) is 3.34. The zero-order valence-corrected chi connectivity index (χ0v) is 13.2. The van der Waals surface area contributed by atoms with Gasteiger partial charge in [0.15, 0.2) is 6.10 Å². The molecule has 0 aliphatic heterocycles. The number of esters is 1. The molecular weight excluding hydrogens is 296 g/mol. The molecule has 5 nitrogen and oxygen atoms in total. The summed E-state index contributed by atoms with van der Waals surface area (Å²) in [5, 5.41) is 0. The van der Waals surface area contributed by atoms with E-state index in [2.05, 4.69) is 0 Å². The molecule has 0 aliphatic carbocycles. The number of hydrogen-bond donors (Lipinski definition) is 0. The van der Waals surface area contributed by atoms with Crippen molar-refractivity contribution in [2.24, 2.45) is 0 Å². The van der Waals surface area contributed by atoms with Crippen LogP contribution in [0.3, 0.4) is 0 Å². The maximum Gasteiger partial charge on any atom is 0.342 e. The number of methoxy groups -OCH3 is 2.